The summed E-state index contributed by atoms with van der Waals surface area (Å²) in [5, 5.41) is 18.6. The van der Waals surface area contributed by atoms with E-state index in [9.17, 15) is 14.3 Å². The largest absolute Gasteiger partial charge is 0.459 e. The van der Waals surface area contributed by atoms with E-state index in [1.54, 1.807) is 13.1 Å². The van der Waals surface area contributed by atoms with Crippen LogP contribution >= 0.6 is 11.6 Å². The molecule has 2 saturated carbocycles. The lowest BCUT2D eigenvalue weighted by atomic mass is 9.77. The lowest BCUT2D eigenvalue weighted by molar-refractivity contribution is -0.0548. The molecule has 0 aliphatic heterocycles. The highest BCUT2D eigenvalue weighted by atomic mass is 35.5. The van der Waals surface area contributed by atoms with E-state index >= 15 is 0 Å². The van der Waals surface area contributed by atoms with Crippen LogP contribution in [0.1, 0.15) is 54.7 Å². The van der Waals surface area contributed by atoms with Gasteiger partial charge in [-0.2, -0.15) is 5.10 Å². The maximum Gasteiger partial charge on any atom is 0.344 e. The third-order valence-electron chi connectivity index (χ3n) is 5.88. The molecule has 0 amide bonds. The summed E-state index contributed by atoms with van der Waals surface area (Å²) in [6, 6.07) is 4.30. The Balaban J connectivity index is 1.61. The Hall–Kier alpha value is -2.71. The van der Waals surface area contributed by atoms with Gasteiger partial charge in [0.05, 0.1) is 34.0 Å². The molecule has 162 valence electrons. The lowest BCUT2D eigenvalue weighted by Gasteiger charge is -2.41. The molecule has 0 saturated heterocycles. The number of carbonyl (C=O) groups excluding carboxylic acids is 1. The van der Waals surface area contributed by atoms with Gasteiger partial charge in [0.15, 0.2) is 5.76 Å². The summed E-state index contributed by atoms with van der Waals surface area (Å²) in [4.78, 5) is 13.0. The standard InChI is InChI=1S/C22H21ClFN3O4/c1-11-14(10-25-27(11)12-8-22(2,29)9-12)20-18(21(28)30-13-6-7-13)19(26-31-20)17-15(23)4-3-5-16(17)24/h3-5,10,12-13,29H,6-9H2,1-2H3. The fourth-order valence-electron chi connectivity index (χ4n) is 4.10. The third kappa shape index (κ3) is 3.53. The molecule has 2 aromatic heterocycles. The first-order chi connectivity index (χ1) is 14.7. The van der Waals surface area contributed by atoms with Gasteiger partial charge >= 0.3 is 5.97 Å². The third-order valence-corrected chi connectivity index (χ3v) is 6.19. The first-order valence-corrected chi connectivity index (χ1v) is 10.5. The van der Waals surface area contributed by atoms with Gasteiger partial charge in [0.25, 0.3) is 0 Å². The van der Waals surface area contributed by atoms with Crippen LogP contribution in [-0.4, -0.2) is 37.7 Å². The van der Waals surface area contributed by atoms with Gasteiger partial charge < -0.3 is 14.4 Å². The summed E-state index contributed by atoms with van der Waals surface area (Å²) in [5.74, 6) is -1.08. The smallest absolute Gasteiger partial charge is 0.344 e. The Kier molecular flexibility index (Phi) is 4.67. The van der Waals surface area contributed by atoms with Gasteiger partial charge in [0.2, 0.25) is 0 Å². The molecule has 0 bridgehead atoms. The highest BCUT2D eigenvalue weighted by Gasteiger charge is 2.41. The van der Waals surface area contributed by atoms with Gasteiger partial charge in [0, 0.05) is 5.69 Å². The number of nitrogens with zero attached hydrogens (tertiary/aromatic N) is 3. The van der Waals surface area contributed by atoms with Gasteiger partial charge in [-0.15, -0.1) is 0 Å². The van der Waals surface area contributed by atoms with Crippen LogP contribution < -0.4 is 0 Å². The molecule has 5 rings (SSSR count). The van der Waals surface area contributed by atoms with Crippen LogP contribution in [0.25, 0.3) is 22.6 Å². The van der Waals surface area contributed by atoms with E-state index in [1.165, 1.54) is 18.2 Å². The second-order valence-corrected chi connectivity index (χ2v) is 8.99. The SMILES string of the molecule is Cc1c(-c2onc(-c3c(F)cccc3Cl)c2C(=O)OC2CC2)cnn1C1CC(C)(O)C1. The molecule has 2 fully saturated rings. The predicted molar refractivity (Wildman–Crippen MR) is 110 cm³/mol. The highest BCUT2D eigenvalue weighted by Crippen LogP contribution is 2.44. The summed E-state index contributed by atoms with van der Waals surface area (Å²) in [7, 11) is 0. The van der Waals surface area contributed by atoms with Gasteiger partial charge in [-0.25, -0.2) is 9.18 Å². The first kappa shape index (κ1) is 20.2. The zero-order valence-corrected chi connectivity index (χ0v) is 17.8. The summed E-state index contributed by atoms with van der Waals surface area (Å²) in [6.07, 6.45) is 4.18. The van der Waals surface area contributed by atoms with Crippen molar-refractivity contribution in [2.24, 2.45) is 0 Å². The van der Waals surface area contributed by atoms with E-state index in [0.29, 0.717) is 18.4 Å². The van der Waals surface area contributed by atoms with Crippen molar-refractivity contribution in [1.82, 2.24) is 14.9 Å². The predicted octanol–water partition coefficient (Wildman–Crippen LogP) is 4.71. The average molecular weight is 446 g/mol. The fraction of sp³-hybridized carbons (Fsp3) is 0.409. The lowest BCUT2D eigenvalue weighted by Crippen LogP contribution is -2.42. The number of carbonyl (C=O) groups is 1. The zero-order chi connectivity index (χ0) is 21.9. The molecule has 9 heteroatoms. The fourth-order valence-corrected chi connectivity index (χ4v) is 4.35. The Labute approximate surface area is 182 Å². The van der Waals surface area contributed by atoms with Crippen molar-refractivity contribution >= 4 is 17.6 Å². The second kappa shape index (κ2) is 7.17. The van der Waals surface area contributed by atoms with Crippen LogP contribution in [0.4, 0.5) is 4.39 Å². The number of ether oxygens (including phenoxy) is 1. The van der Waals surface area contributed by atoms with Crippen LogP contribution in [0.3, 0.4) is 0 Å². The van der Waals surface area contributed by atoms with Crippen molar-refractivity contribution in [3.05, 3.63) is 46.5 Å². The number of halogens is 2. The Morgan fingerprint density at radius 1 is 1.39 bits per heavy atom. The van der Waals surface area contributed by atoms with Crippen LogP contribution in [-0.2, 0) is 4.74 Å². The van der Waals surface area contributed by atoms with Gasteiger partial charge in [-0.3, -0.25) is 4.68 Å². The zero-order valence-electron chi connectivity index (χ0n) is 17.1. The maximum absolute atomic E-state index is 14.6. The minimum atomic E-state index is -0.705. The Morgan fingerprint density at radius 3 is 2.77 bits per heavy atom. The molecular weight excluding hydrogens is 425 g/mol. The monoisotopic (exact) mass is 445 g/mol. The number of benzene rings is 1. The molecule has 0 radical (unpaired) electrons. The van der Waals surface area contributed by atoms with Crippen LogP contribution in [0, 0.1) is 12.7 Å². The van der Waals surface area contributed by atoms with Gasteiger partial charge in [-0.05, 0) is 51.7 Å². The molecular formula is C22H21ClFN3O4. The van der Waals surface area contributed by atoms with Gasteiger partial charge in [-0.1, -0.05) is 22.8 Å². The summed E-state index contributed by atoms with van der Waals surface area (Å²) < 4.78 is 27.5. The minimum Gasteiger partial charge on any atom is -0.459 e. The molecule has 0 unspecified atom stereocenters. The van der Waals surface area contributed by atoms with E-state index in [-0.39, 0.29) is 39.7 Å². The summed E-state index contributed by atoms with van der Waals surface area (Å²) >= 11 is 6.23. The van der Waals surface area contributed by atoms with E-state index in [4.69, 9.17) is 20.9 Å². The normalized spacial score (nSPS) is 22.9. The topological polar surface area (TPSA) is 90.4 Å². The number of esters is 1. The van der Waals surface area contributed by atoms with Crippen molar-refractivity contribution in [1.29, 1.82) is 0 Å². The van der Waals surface area contributed by atoms with E-state index < -0.39 is 17.4 Å². The Bertz CT molecular complexity index is 1150. The molecule has 2 heterocycles. The van der Waals surface area contributed by atoms with E-state index in [1.807, 2.05) is 11.6 Å². The molecule has 31 heavy (non-hydrogen) atoms. The second-order valence-electron chi connectivity index (χ2n) is 8.58. The molecule has 0 atom stereocenters. The van der Waals surface area contributed by atoms with Crippen LogP contribution in [0.2, 0.25) is 5.02 Å². The van der Waals surface area contributed by atoms with Crippen molar-refractivity contribution in [2.45, 2.75) is 57.3 Å². The number of hydrogen-bond acceptors (Lipinski definition) is 6. The van der Waals surface area contributed by atoms with Crippen molar-refractivity contribution < 1.29 is 23.6 Å². The van der Waals surface area contributed by atoms with E-state index in [2.05, 4.69) is 10.3 Å². The Morgan fingerprint density at radius 2 is 2.13 bits per heavy atom. The van der Waals surface area contributed by atoms with Crippen LogP contribution in [0.15, 0.2) is 28.9 Å². The van der Waals surface area contributed by atoms with Crippen LogP contribution in [0.5, 0.6) is 0 Å². The quantitative estimate of drug-likeness (QED) is 0.572. The molecule has 1 aromatic carbocycles. The number of aromatic nitrogens is 3. The number of hydrogen-bond donors (Lipinski definition) is 1. The average Bonchev–Trinajstić information content (AvgIpc) is 3.26. The summed E-state index contributed by atoms with van der Waals surface area (Å²) in [6.45, 7) is 3.64. The van der Waals surface area contributed by atoms with Crippen molar-refractivity contribution in [3.8, 4) is 22.6 Å². The first-order valence-electron chi connectivity index (χ1n) is 10.2. The molecule has 7 nitrogen and oxygen atoms in total. The molecule has 2 aliphatic rings. The minimum absolute atomic E-state index is 0.00229. The maximum atomic E-state index is 14.6. The van der Waals surface area contributed by atoms with Gasteiger partial charge in [0.1, 0.15) is 23.2 Å². The molecule has 3 aromatic rings. The van der Waals surface area contributed by atoms with Crippen molar-refractivity contribution in [2.75, 3.05) is 0 Å². The number of aliphatic hydroxyl groups is 1. The summed E-state index contributed by atoms with van der Waals surface area (Å²) in [5.41, 5.74) is 0.624. The molecule has 2 aliphatic carbocycles. The van der Waals surface area contributed by atoms with E-state index in [0.717, 1.165) is 18.5 Å². The van der Waals surface area contributed by atoms with Crippen molar-refractivity contribution in [3.63, 3.8) is 0 Å². The molecule has 0 spiro atoms. The number of rotatable bonds is 5. The molecule has 1 N–H and O–H groups in total. The highest BCUT2D eigenvalue weighted by molar-refractivity contribution is 6.33.